The molecule has 0 aliphatic heterocycles. The Labute approximate surface area is 110 Å². The van der Waals surface area contributed by atoms with Crippen LogP contribution in [0.5, 0.6) is 0 Å². The van der Waals surface area contributed by atoms with E-state index in [0.29, 0.717) is 0 Å². The summed E-state index contributed by atoms with van der Waals surface area (Å²) in [5.74, 6) is 0.0937. The predicted molar refractivity (Wildman–Crippen MR) is 67.3 cm³/mol. The molecule has 0 aliphatic rings. The first-order valence-corrected chi connectivity index (χ1v) is 5.84. The fourth-order valence-electron chi connectivity index (χ4n) is 1.56. The van der Waals surface area contributed by atoms with Crippen LogP contribution >= 0.6 is 0 Å². The van der Waals surface area contributed by atoms with Crippen molar-refractivity contribution in [3.63, 3.8) is 0 Å². The largest absolute Gasteiger partial charge is 0.394 e. The number of aliphatic hydroxyl groups excluding tert-OH is 3. The van der Waals surface area contributed by atoms with E-state index in [2.05, 4.69) is 4.98 Å². The highest BCUT2D eigenvalue weighted by Gasteiger charge is 2.26. The van der Waals surface area contributed by atoms with Gasteiger partial charge in [0.1, 0.15) is 24.3 Å². The van der Waals surface area contributed by atoms with Gasteiger partial charge in [-0.1, -0.05) is 0 Å². The van der Waals surface area contributed by atoms with Crippen LogP contribution in [0.25, 0.3) is 0 Å². The van der Waals surface area contributed by atoms with E-state index in [9.17, 15) is 15.0 Å². The third-order valence-corrected chi connectivity index (χ3v) is 2.67. The van der Waals surface area contributed by atoms with Crippen molar-refractivity contribution in [1.29, 1.82) is 0 Å². The number of aliphatic hydroxyl groups is 3. The summed E-state index contributed by atoms with van der Waals surface area (Å²) in [7, 11) is 0. The molecule has 8 heteroatoms. The van der Waals surface area contributed by atoms with Gasteiger partial charge in [0.15, 0.2) is 0 Å². The summed E-state index contributed by atoms with van der Waals surface area (Å²) in [6.07, 6.45) is -2.71. The van der Waals surface area contributed by atoms with E-state index in [0.717, 1.165) is 4.57 Å². The highest BCUT2D eigenvalue weighted by Crippen LogP contribution is 2.13. The van der Waals surface area contributed by atoms with Gasteiger partial charge in [0.05, 0.1) is 12.7 Å². The van der Waals surface area contributed by atoms with Crippen LogP contribution in [0.15, 0.2) is 17.1 Å². The van der Waals surface area contributed by atoms with E-state index in [4.69, 9.17) is 15.6 Å². The number of anilines is 1. The minimum absolute atomic E-state index is 0.0937. The number of ether oxygens (including phenoxy) is 1. The third kappa shape index (κ3) is 4.00. The smallest absolute Gasteiger partial charge is 0.351 e. The van der Waals surface area contributed by atoms with Crippen LogP contribution in [0.2, 0.25) is 0 Å². The van der Waals surface area contributed by atoms with Gasteiger partial charge in [0.2, 0.25) is 0 Å². The second kappa shape index (κ2) is 6.62. The van der Waals surface area contributed by atoms with Crippen molar-refractivity contribution < 1.29 is 20.1 Å². The molecule has 0 spiro atoms. The zero-order chi connectivity index (χ0) is 14.6. The zero-order valence-electron chi connectivity index (χ0n) is 10.8. The predicted octanol–water partition coefficient (Wildman–Crippen LogP) is -1.54. The molecule has 0 saturated heterocycles. The van der Waals surface area contributed by atoms with Crippen molar-refractivity contribution in [3.8, 4) is 0 Å². The molecule has 1 aromatic rings. The van der Waals surface area contributed by atoms with Crippen LogP contribution in [0.4, 0.5) is 5.82 Å². The van der Waals surface area contributed by atoms with Crippen molar-refractivity contribution in [3.05, 3.63) is 22.7 Å². The first-order chi connectivity index (χ1) is 8.86. The van der Waals surface area contributed by atoms with E-state index in [-0.39, 0.29) is 5.82 Å². The van der Waals surface area contributed by atoms with Gasteiger partial charge < -0.3 is 25.8 Å². The lowest BCUT2D eigenvalue weighted by Crippen LogP contribution is -2.42. The van der Waals surface area contributed by atoms with Crippen molar-refractivity contribution >= 4 is 5.82 Å². The van der Waals surface area contributed by atoms with Gasteiger partial charge in [-0.15, -0.1) is 0 Å². The molecule has 0 aliphatic carbocycles. The second-order valence-corrected chi connectivity index (χ2v) is 4.23. The number of nitrogens with zero attached hydrogens (tertiary/aromatic N) is 2. The lowest BCUT2D eigenvalue weighted by Gasteiger charge is -2.27. The van der Waals surface area contributed by atoms with Crippen LogP contribution in [-0.4, -0.2) is 49.8 Å². The normalized spacial score (nSPS) is 17.7. The molecule has 8 nitrogen and oxygen atoms in total. The molecule has 0 amide bonds. The summed E-state index contributed by atoms with van der Waals surface area (Å²) < 4.78 is 6.51. The zero-order valence-corrected chi connectivity index (χ0v) is 10.8. The molecule has 108 valence electrons. The Morgan fingerprint density at radius 2 is 2.11 bits per heavy atom. The SMILES string of the molecule is CC(O)C(O)[C@@H](CO)OC(C)n1ccc(N)nc1=O. The van der Waals surface area contributed by atoms with E-state index < -0.39 is 36.8 Å². The van der Waals surface area contributed by atoms with Crippen LogP contribution in [0.3, 0.4) is 0 Å². The fraction of sp³-hybridized carbons (Fsp3) is 0.636. The molecule has 4 atom stereocenters. The molecule has 19 heavy (non-hydrogen) atoms. The van der Waals surface area contributed by atoms with Crippen molar-refractivity contribution in [1.82, 2.24) is 9.55 Å². The number of nitrogen functional groups attached to an aromatic ring is 1. The molecule has 0 fully saturated rings. The number of nitrogens with two attached hydrogens (primary N) is 1. The topological polar surface area (TPSA) is 131 Å². The van der Waals surface area contributed by atoms with Gasteiger partial charge in [-0.05, 0) is 19.9 Å². The molecule has 1 aromatic heterocycles. The summed E-state index contributed by atoms with van der Waals surface area (Å²) in [5.41, 5.74) is 4.76. The Kier molecular flexibility index (Phi) is 5.43. The third-order valence-electron chi connectivity index (χ3n) is 2.67. The Hall–Kier alpha value is -1.48. The first-order valence-electron chi connectivity index (χ1n) is 5.84. The maximum atomic E-state index is 11.6. The van der Waals surface area contributed by atoms with E-state index in [1.807, 2.05) is 0 Å². The van der Waals surface area contributed by atoms with Crippen molar-refractivity contribution in [2.24, 2.45) is 0 Å². The highest BCUT2D eigenvalue weighted by atomic mass is 16.5. The lowest BCUT2D eigenvalue weighted by molar-refractivity contribution is -0.142. The van der Waals surface area contributed by atoms with Crippen LogP contribution < -0.4 is 11.4 Å². The average molecular weight is 273 g/mol. The van der Waals surface area contributed by atoms with Crippen molar-refractivity contribution in [2.75, 3.05) is 12.3 Å². The molecule has 3 unspecified atom stereocenters. The van der Waals surface area contributed by atoms with Gasteiger partial charge in [-0.25, -0.2) is 4.79 Å². The standard InChI is InChI=1S/C11H19N3O5/c1-6(16)10(17)8(5-15)19-7(2)14-4-3-9(12)13-11(14)18/h3-4,6-8,10,15-17H,5H2,1-2H3,(H2,12,13,18)/t6?,7?,8-,10?/m1/s1. The molecule has 0 radical (unpaired) electrons. The fourth-order valence-corrected chi connectivity index (χ4v) is 1.56. The molecule has 5 N–H and O–H groups in total. The number of hydrogen-bond donors (Lipinski definition) is 4. The van der Waals surface area contributed by atoms with Gasteiger partial charge in [0, 0.05) is 6.20 Å². The van der Waals surface area contributed by atoms with Gasteiger partial charge >= 0.3 is 5.69 Å². The summed E-state index contributed by atoms with van der Waals surface area (Å²) in [4.78, 5) is 15.1. The Bertz CT molecular complexity index is 462. The van der Waals surface area contributed by atoms with Crippen molar-refractivity contribution in [2.45, 2.75) is 38.4 Å². The Morgan fingerprint density at radius 1 is 1.47 bits per heavy atom. The monoisotopic (exact) mass is 273 g/mol. The number of rotatable bonds is 6. The molecule has 0 bridgehead atoms. The maximum absolute atomic E-state index is 11.6. The molecule has 1 rings (SSSR count). The first kappa shape index (κ1) is 15.6. The minimum atomic E-state index is -1.26. The van der Waals surface area contributed by atoms with E-state index >= 15 is 0 Å². The quantitative estimate of drug-likeness (QED) is 0.494. The van der Waals surface area contributed by atoms with Crippen LogP contribution in [0.1, 0.15) is 20.1 Å². The molecule has 0 saturated carbocycles. The molecular weight excluding hydrogens is 254 g/mol. The summed E-state index contributed by atoms with van der Waals surface area (Å²) >= 11 is 0. The lowest BCUT2D eigenvalue weighted by atomic mass is 10.1. The summed E-state index contributed by atoms with van der Waals surface area (Å²) in [6.45, 7) is 2.43. The minimum Gasteiger partial charge on any atom is -0.394 e. The van der Waals surface area contributed by atoms with Crippen LogP contribution in [-0.2, 0) is 4.74 Å². The van der Waals surface area contributed by atoms with Crippen LogP contribution in [0, 0.1) is 0 Å². The van der Waals surface area contributed by atoms with Gasteiger partial charge in [-0.2, -0.15) is 4.98 Å². The average Bonchev–Trinajstić information content (AvgIpc) is 2.34. The van der Waals surface area contributed by atoms with Gasteiger partial charge in [-0.3, -0.25) is 4.57 Å². The summed E-state index contributed by atoms with van der Waals surface area (Å²) in [6, 6.07) is 1.43. The number of aromatic nitrogens is 2. The van der Waals surface area contributed by atoms with Gasteiger partial charge in [0.25, 0.3) is 0 Å². The van der Waals surface area contributed by atoms with E-state index in [1.165, 1.54) is 19.2 Å². The Balaban J connectivity index is 2.82. The maximum Gasteiger partial charge on any atom is 0.351 e. The molecular formula is C11H19N3O5. The number of hydrogen-bond acceptors (Lipinski definition) is 7. The highest BCUT2D eigenvalue weighted by molar-refractivity contribution is 5.23. The molecule has 0 aromatic carbocycles. The second-order valence-electron chi connectivity index (χ2n) is 4.23. The molecule has 1 heterocycles. The van der Waals surface area contributed by atoms with E-state index in [1.54, 1.807) is 6.92 Å². The summed E-state index contributed by atoms with van der Waals surface area (Å²) in [5, 5.41) is 28.0. The Morgan fingerprint density at radius 3 is 2.58 bits per heavy atom.